The van der Waals surface area contributed by atoms with E-state index in [2.05, 4.69) is 29.2 Å². The van der Waals surface area contributed by atoms with Gasteiger partial charge < -0.3 is 10.2 Å². The Bertz CT molecular complexity index is 865. The van der Waals surface area contributed by atoms with Crippen LogP contribution in [0.15, 0.2) is 30.5 Å². The van der Waals surface area contributed by atoms with Crippen LogP contribution in [-0.4, -0.2) is 46.0 Å². The van der Waals surface area contributed by atoms with Crippen LogP contribution in [0.3, 0.4) is 0 Å². The van der Waals surface area contributed by atoms with Crippen molar-refractivity contribution in [3.63, 3.8) is 0 Å². The van der Waals surface area contributed by atoms with Crippen LogP contribution < -0.4 is 5.32 Å². The molecule has 0 aliphatic heterocycles. The minimum atomic E-state index is -0.0184. The lowest BCUT2D eigenvalue weighted by Crippen LogP contribution is -2.21. The van der Waals surface area contributed by atoms with Gasteiger partial charge in [0.1, 0.15) is 0 Å². The molecule has 0 atom stereocenters. The Morgan fingerprint density at radius 3 is 2.88 bits per heavy atom. The van der Waals surface area contributed by atoms with Crippen LogP contribution in [0.25, 0.3) is 16.2 Å². The molecule has 7 heteroatoms. The number of benzene rings is 1. The molecule has 0 spiro atoms. The number of amides is 1. The molecule has 0 bridgehead atoms. The first-order chi connectivity index (χ1) is 11.5. The van der Waals surface area contributed by atoms with E-state index >= 15 is 0 Å². The fraction of sp³-hybridized carbons (Fsp3) is 0.353. The van der Waals surface area contributed by atoms with Crippen LogP contribution in [-0.2, 0) is 0 Å². The summed E-state index contributed by atoms with van der Waals surface area (Å²) in [7, 11) is 3.50. The van der Waals surface area contributed by atoms with Crippen LogP contribution in [0.2, 0.25) is 0 Å². The molecular weight excluding hydrogens is 322 g/mol. The molecule has 0 unspecified atom stereocenters. The lowest BCUT2D eigenvalue weighted by molar-refractivity contribution is 0.0827. The van der Waals surface area contributed by atoms with Gasteiger partial charge in [0.2, 0.25) is 10.1 Å². The molecule has 1 amide bonds. The maximum absolute atomic E-state index is 12.2. The second-order valence-corrected chi connectivity index (χ2v) is 7.26. The van der Waals surface area contributed by atoms with Gasteiger partial charge in [0.15, 0.2) is 0 Å². The number of carbonyl (C=O) groups is 1. The summed E-state index contributed by atoms with van der Waals surface area (Å²) in [5.41, 5.74) is 2.46. The maximum atomic E-state index is 12.2. The summed E-state index contributed by atoms with van der Waals surface area (Å²) < 4.78 is 1.83. The number of hydrogen-bond donors (Lipinski definition) is 1. The highest BCUT2D eigenvalue weighted by atomic mass is 32.1. The predicted octanol–water partition coefficient (Wildman–Crippen LogP) is 3.23. The van der Waals surface area contributed by atoms with E-state index in [0.717, 1.165) is 27.9 Å². The summed E-state index contributed by atoms with van der Waals surface area (Å²) in [4.78, 5) is 19.0. The van der Waals surface area contributed by atoms with Crippen molar-refractivity contribution in [3.8, 4) is 11.3 Å². The number of imidazole rings is 1. The van der Waals surface area contributed by atoms with Gasteiger partial charge >= 0.3 is 0 Å². The van der Waals surface area contributed by atoms with E-state index in [1.54, 1.807) is 25.2 Å². The second-order valence-electron chi connectivity index (χ2n) is 6.30. The van der Waals surface area contributed by atoms with E-state index in [1.165, 1.54) is 11.3 Å². The molecule has 3 rings (SSSR count). The molecule has 2 heterocycles. The molecule has 3 aromatic rings. The normalized spacial score (nSPS) is 11.2. The third kappa shape index (κ3) is 3.26. The molecule has 0 radical (unpaired) electrons. The summed E-state index contributed by atoms with van der Waals surface area (Å²) in [6, 6.07) is 7.55. The van der Waals surface area contributed by atoms with E-state index in [0.29, 0.717) is 11.5 Å². The number of anilines is 1. The minimum absolute atomic E-state index is 0.0184. The second kappa shape index (κ2) is 6.60. The average Bonchev–Trinajstić information content (AvgIpc) is 3.12. The number of nitrogens with one attached hydrogen (secondary N) is 1. The molecular formula is C17H21N5OS. The van der Waals surface area contributed by atoms with Crippen molar-refractivity contribution in [2.75, 3.05) is 26.0 Å². The fourth-order valence-corrected chi connectivity index (χ4v) is 3.10. The molecule has 1 aromatic carbocycles. The van der Waals surface area contributed by atoms with E-state index in [1.807, 2.05) is 28.8 Å². The largest absolute Gasteiger partial charge is 0.360 e. The van der Waals surface area contributed by atoms with E-state index in [9.17, 15) is 4.79 Å². The SMILES string of the molecule is CC(C)CNc1nn2c(-c3cccc(C(=O)N(C)C)c3)cnc2s1. The Labute approximate surface area is 145 Å². The minimum Gasteiger partial charge on any atom is -0.360 e. The number of fused-ring (bicyclic) bond motifs is 1. The van der Waals surface area contributed by atoms with Gasteiger partial charge in [0.05, 0.1) is 11.9 Å². The first-order valence-electron chi connectivity index (χ1n) is 7.86. The van der Waals surface area contributed by atoms with Gasteiger partial charge in [0, 0.05) is 31.8 Å². The van der Waals surface area contributed by atoms with Crippen LogP contribution in [0.1, 0.15) is 24.2 Å². The number of nitrogens with zero attached hydrogens (tertiary/aromatic N) is 4. The zero-order valence-electron chi connectivity index (χ0n) is 14.3. The fourth-order valence-electron chi connectivity index (χ4n) is 2.32. The third-order valence-corrected chi connectivity index (χ3v) is 4.44. The molecule has 1 N–H and O–H groups in total. The van der Waals surface area contributed by atoms with Gasteiger partial charge in [-0.15, -0.1) is 5.10 Å². The molecule has 2 aromatic heterocycles. The first kappa shape index (κ1) is 16.4. The van der Waals surface area contributed by atoms with Gasteiger partial charge in [-0.2, -0.15) is 0 Å². The lowest BCUT2D eigenvalue weighted by Gasteiger charge is -2.10. The van der Waals surface area contributed by atoms with Crippen molar-refractivity contribution in [1.29, 1.82) is 0 Å². The van der Waals surface area contributed by atoms with Crippen LogP contribution in [0.4, 0.5) is 5.13 Å². The van der Waals surface area contributed by atoms with Crippen molar-refractivity contribution >= 4 is 27.3 Å². The van der Waals surface area contributed by atoms with Crippen molar-refractivity contribution in [2.45, 2.75) is 13.8 Å². The molecule has 0 fully saturated rings. The van der Waals surface area contributed by atoms with Gasteiger partial charge in [-0.3, -0.25) is 4.79 Å². The molecule has 6 nitrogen and oxygen atoms in total. The average molecular weight is 343 g/mol. The first-order valence-corrected chi connectivity index (χ1v) is 8.68. The highest BCUT2D eigenvalue weighted by molar-refractivity contribution is 7.20. The van der Waals surface area contributed by atoms with Gasteiger partial charge in [-0.1, -0.05) is 37.3 Å². The zero-order chi connectivity index (χ0) is 17.3. The van der Waals surface area contributed by atoms with Gasteiger partial charge in [-0.25, -0.2) is 9.50 Å². The molecule has 0 aliphatic carbocycles. The third-order valence-electron chi connectivity index (χ3n) is 3.56. The van der Waals surface area contributed by atoms with E-state index in [4.69, 9.17) is 0 Å². The Kier molecular flexibility index (Phi) is 4.53. The van der Waals surface area contributed by atoms with Gasteiger partial charge in [0.25, 0.3) is 5.91 Å². The Morgan fingerprint density at radius 1 is 1.38 bits per heavy atom. The number of aromatic nitrogens is 3. The van der Waals surface area contributed by atoms with Crippen LogP contribution >= 0.6 is 11.3 Å². The highest BCUT2D eigenvalue weighted by Crippen LogP contribution is 2.26. The Hall–Kier alpha value is -2.41. The number of hydrogen-bond acceptors (Lipinski definition) is 5. The molecule has 0 aliphatic rings. The number of rotatable bonds is 5. The molecule has 126 valence electrons. The molecule has 0 saturated carbocycles. The predicted molar refractivity (Wildman–Crippen MR) is 97.6 cm³/mol. The monoisotopic (exact) mass is 343 g/mol. The summed E-state index contributed by atoms with van der Waals surface area (Å²) in [6.07, 6.45) is 1.80. The lowest BCUT2D eigenvalue weighted by atomic mass is 10.1. The van der Waals surface area contributed by atoms with Gasteiger partial charge in [-0.05, 0) is 18.1 Å². The summed E-state index contributed by atoms with van der Waals surface area (Å²) in [6.45, 7) is 5.19. The molecule has 0 saturated heterocycles. The van der Waals surface area contributed by atoms with Crippen LogP contribution in [0.5, 0.6) is 0 Å². The smallest absolute Gasteiger partial charge is 0.253 e. The van der Waals surface area contributed by atoms with Crippen molar-refractivity contribution in [3.05, 3.63) is 36.0 Å². The van der Waals surface area contributed by atoms with Crippen molar-refractivity contribution < 1.29 is 4.79 Å². The van der Waals surface area contributed by atoms with Crippen molar-refractivity contribution in [2.24, 2.45) is 5.92 Å². The van der Waals surface area contributed by atoms with E-state index < -0.39 is 0 Å². The number of carbonyl (C=O) groups excluding carboxylic acids is 1. The summed E-state index contributed by atoms with van der Waals surface area (Å²) in [5.74, 6) is 0.532. The maximum Gasteiger partial charge on any atom is 0.253 e. The molecule has 24 heavy (non-hydrogen) atoms. The zero-order valence-corrected chi connectivity index (χ0v) is 15.1. The van der Waals surface area contributed by atoms with E-state index in [-0.39, 0.29) is 5.91 Å². The topological polar surface area (TPSA) is 62.5 Å². The standard InChI is InChI=1S/C17H21N5OS/c1-11(2)9-18-16-20-22-14(10-19-17(22)24-16)12-6-5-7-13(8-12)15(23)21(3)4/h5-8,10-11H,9H2,1-4H3,(H,18,20). The summed E-state index contributed by atoms with van der Waals surface area (Å²) in [5, 5.41) is 8.78. The van der Waals surface area contributed by atoms with Crippen molar-refractivity contribution in [1.82, 2.24) is 19.5 Å². The van der Waals surface area contributed by atoms with Crippen LogP contribution in [0, 0.1) is 5.92 Å². The Morgan fingerprint density at radius 2 is 2.17 bits per heavy atom. The highest BCUT2D eigenvalue weighted by Gasteiger charge is 2.14. The summed E-state index contributed by atoms with van der Waals surface area (Å²) >= 11 is 1.52. The Balaban J connectivity index is 1.94. The quantitative estimate of drug-likeness (QED) is 0.772.